The van der Waals surface area contributed by atoms with Gasteiger partial charge in [-0.25, -0.2) is 8.78 Å². The number of nitrogens with two attached hydrogens (primary N) is 1. The maximum atomic E-state index is 13.1. The Kier molecular flexibility index (Phi) is 1.45. The lowest BCUT2D eigenvalue weighted by molar-refractivity contribution is -0.00642. The molecule has 1 atom stereocenters. The highest BCUT2D eigenvalue weighted by Gasteiger charge is 2.42. The van der Waals surface area contributed by atoms with Gasteiger partial charge < -0.3 is 5.73 Å². The summed E-state index contributed by atoms with van der Waals surface area (Å²) in [7, 11) is 0. The van der Waals surface area contributed by atoms with Gasteiger partial charge in [-0.3, -0.25) is 0 Å². The highest BCUT2D eigenvalue weighted by Crippen LogP contribution is 2.45. The van der Waals surface area contributed by atoms with Crippen LogP contribution in [0.3, 0.4) is 0 Å². The first-order chi connectivity index (χ1) is 5.61. The van der Waals surface area contributed by atoms with Crippen LogP contribution in [0.2, 0.25) is 0 Å². The molecule has 0 aromatic heterocycles. The monoisotopic (exact) mass is 169 g/mol. The summed E-state index contributed by atoms with van der Waals surface area (Å²) in [5.41, 5.74) is 6.22. The second-order valence-corrected chi connectivity index (χ2v) is 3.10. The Labute approximate surface area is 69.2 Å². The summed E-state index contributed by atoms with van der Waals surface area (Å²) in [6.45, 7) is 0. The standard InChI is InChI=1S/C9H9F2N/c10-9(11)5-8(12)6-3-1-2-4-7(6)9/h1-4,8H,5,12H2/t8-/m1/s1. The predicted octanol–water partition coefficient (Wildman–Crippen LogP) is 2.18. The quantitative estimate of drug-likeness (QED) is 0.632. The molecule has 0 fully saturated rings. The Hall–Kier alpha value is -0.960. The van der Waals surface area contributed by atoms with Gasteiger partial charge >= 0.3 is 0 Å². The van der Waals surface area contributed by atoms with E-state index in [-0.39, 0.29) is 12.0 Å². The van der Waals surface area contributed by atoms with Crippen LogP contribution in [-0.4, -0.2) is 0 Å². The lowest BCUT2D eigenvalue weighted by Crippen LogP contribution is -2.10. The van der Waals surface area contributed by atoms with E-state index in [0.717, 1.165) is 0 Å². The van der Waals surface area contributed by atoms with E-state index in [1.165, 1.54) is 6.07 Å². The van der Waals surface area contributed by atoms with Gasteiger partial charge in [0, 0.05) is 18.0 Å². The average molecular weight is 169 g/mol. The minimum absolute atomic E-state index is 0.0949. The zero-order valence-electron chi connectivity index (χ0n) is 6.43. The van der Waals surface area contributed by atoms with Crippen molar-refractivity contribution in [3.63, 3.8) is 0 Å². The fraction of sp³-hybridized carbons (Fsp3) is 0.333. The molecule has 0 saturated carbocycles. The van der Waals surface area contributed by atoms with E-state index in [0.29, 0.717) is 5.56 Å². The van der Waals surface area contributed by atoms with Crippen molar-refractivity contribution in [2.24, 2.45) is 5.73 Å². The van der Waals surface area contributed by atoms with Crippen LogP contribution in [-0.2, 0) is 5.92 Å². The molecule has 1 aliphatic rings. The predicted molar refractivity (Wildman–Crippen MR) is 41.9 cm³/mol. The summed E-state index contributed by atoms with van der Waals surface area (Å²) >= 11 is 0. The van der Waals surface area contributed by atoms with Crippen LogP contribution in [0, 0.1) is 0 Å². The third-order valence-corrected chi connectivity index (χ3v) is 2.23. The second kappa shape index (κ2) is 2.26. The molecule has 1 aliphatic carbocycles. The maximum absolute atomic E-state index is 13.1. The summed E-state index contributed by atoms with van der Waals surface area (Å²) in [6, 6.07) is 5.96. The number of hydrogen-bond donors (Lipinski definition) is 1. The molecule has 1 aromatic carbocycles. The van der Waals surface area contributed by atoms with E-state index < -0.39 is 12.0 Å². The van der Waals surface area contributed by atoms with E-state index in [4.69, 9.17) is 5.73 Å². The molecular weight excluding hydrogens is 160 g/mol. The fourth-order valence-electron chi connectivity index (χ4n) is 1.65. The normalized spacial score (nSPS) is 25.4. The largest absolute Gasteiger partial charge is 0.324 e. The van der Waals surface area contributed by atoms with Crippen LogP contribution in [0.5, 0.6) is 0 Å². The van der Waals surface area contributed by atoms with Gasteiger partial charge in [-0.15, -0.1) is 0 Å². The Balaban J connectivity index is 2.58. The first-order valence-corrected chi connectivity index (χ1v) is 3.84. The van der Waals surface area contributed by atoms with Gasteiger partial charge in [-0.05, 0) is 5.56 Å². The van der Waals surface area contributed by atoms with Crippen LogP contribution < -0.4 is 5.73 Å². The zero-order chi connectivity index (χ0) is 8.77. The Morgan fingerprint density at radius 2 is 2.00 bits per heavy atom. The van der Waals surface area contributed by atoms with Gasteiger partial charge in [0.15, 0.2) is 0 Å². The average Bonchev–Trinajstić information content (AvgIpc) is 2.25. The molecule has 0 bridgehead atoms. The molecule has 2 N–H and O–H groups in total. The van der Waals surface area contributed by atoms with Gasteiger partial charge in [0.2, 0.25) is 0 Å². The highest BCUT2D eigenvalue weighted by molar-refractivity contribution is 5.38. The fourth-order valence-corrected chi connectivity index (χ4v) is 1.65. The van der Waals surface area contributed by atoms with Crippen LogP contribution in [0.25, 0.3) is 0 Å². The second-order valence-electron chi connectivity index (χ2n) is 3.10. The number of halogens is 2. The van der Waals surface area contributed by atoms with E-state index in [9.17, 15) is 8.78 Å². The molecule has 1 aromatic rings. The Morgan fingerprint density at radius 3 is 2.67 bits per heavy atom. The molecule has 0 amide bonds. The summed E-state index contributed by atoms with van der Waals surface area (Å²) in [4.78, 5) is 0. The summed E-state index contributed by atoms with van der Waals surface area (Å²) < 4.78 is 26.2. The smallest absolute Gasteiger partial charge is 0.275 e. The van der Waals surface area contributed by atoms with Gasteiger partial charge in [-0.2, -0.15) is 0 Å². The van der Waals surface area contributed by atoms with Crippen LogP contribution in [0.15, 0.2) is 24.3 Å². The molecule has 0 spiro atoms. The molecule has 0 aliphatic heterocycles. The van der Waals surface area contributed by atoms with Crippen LogP contribution in [0.1, 0.15) is 23.6 Å². The van der Waals surface area contributed by atoms with E-state index >= 15 is 0 Å². The molecule has 0 radical (unpaired) electrons. The zero-order valence-corrected chi connectivity index (χ0v) is 6.43. The number of rotatable bonds is 0. The van der Waals surface area contributed by atoms with E-state index in [1.54, 1.807) is 18.2 Å². The minimum atomic E-state index is -2.73. The molecule has 0 heterocycles. The van der Waals surface area contributed by atoms with Gasteiger partial charge in [-0.1, -0.05) is 24.3 Å². The first kappa shape index (κ1) is 7.68. The molecule has 2 rings (SSSR count). The minimum Gasteiger partial charge on any atom is -0.324 e. The summed E-state index contributed by atoms with van der Waals surface area (Å²) in [6.07, 6.45) is -0.258. The van der Waals surface area contributed by atoms with Crippen molar-refractivity contribution in [2.75, 3.05) is 0 Å². The van der Waals surface area contributed by atoms with Crippen molar-refractivity contribution in [3.8, 4) is 0 Å². The molecular formula is C9H9F2N. The summed E-state index contributed by atoms with van der Waals surface area (Å²) in [5, 5.41) is 0. The van der Waals surface area contributed by atoms with Crippen molar-refractivity contribution >= 4 is 0 Å². The Morgan fingerprint density at radius 1 is 1.33 bits per heavy atom. The molecule has 0 saturated heterocycles. The highest BCUT2D eigenvalue weighted by atomic mass is 19.3. The van der Waals surface area contributed by atoms with E-state index in [1.807, 2.05) is 0 Å². The molecule has 64 valence electrons. The topological polar surface area (TPSA) is 26.0 Å². The van der Waals surface area contributed by atoms with Gasteiger partial charge in [0.1, 0.15) is 0 Å². The van der Waals surface area contributed by atoms with Crippen molar-refractivity contribution in [3.05, 3.63) is 35.4 Å². The number of hydrogen-bond acceptors (Lipinski definition) is 1. The Bertz CT molecular complexity index is 309. The maximum Gasteiger partial charge on any atom is 0.275 e. The summed E-state index contributed by atoms with van der Waals surface area (Å²) in [5.74, 6) is -2.73. The molecule has 3 heteroatoms. The third kappa shape index (κ3) is 0.932. The van der Waals surface area contributed by atoms with E-state index in [2.05, 4.69) is 0 Å². The van der Waals surface area contributed by atoms with Crippen molar-refractivity contribution in [1.29, 1.82) is 0 Å². The van der Waals surface area contributed by atoms with Crippen LogP contribution >= 0.6 is 0 Å². The van der Waals surface area contributed by atoms with Crippen molar-refractivity contribution in [2.45, 2.75) is 18.4 Å². The van der Waals surface area contributed by atoms with Gasteiger partial charge in [0.25, 0.3) is 5.92 Å². The number of fused-ring (bicyclic) bond motifs is 1. The van der Waals surface area contributed by atoms with Crippen molar-refractivity contribution in [1.82, 2.24) is 0 Å². The molecule has 0 unspecified atom stereocenters. The lowest BCUT2D eigenvalue weighted by atomic mass is 10.1. The number of benzene rings is 1. The number of alkyl halides is 2. The lowest BCUT2D eigenvalue weighted by Gasteiger charge is -2.08. The molecule has 12 heavy (non-hydrogen) atoms. The first-order valence-electron chi connectivity index (χ1n) is 3.84. The van der Waals surface area contributed by atoms with Crippen LogP contribution in [0.4, 0.5) is 8.78 Å². The third-order valence-electron chi connectivity index (χ3n) is 2.23. The molecule has 1 nitrogen and oxygen atoms in total. The SMILES string of the molecule is N[C@@H]1CC(F)(F)c2ccccc21. The van der Waals surface area contributed by atoms with Crippen molar-refractivity contribution < 1.29 is 8.78 Å². The van der Waals surface area contributed by atoms with Gasteiger partial charge in [0.05, 0.1) is 0 Å².